The Labute approximate surface area is 154 Å². The Morgan fingerprint density at radius 2 is 1.84 bits per heavy atom. The van der Waals surface area contributed by atoms with E-state index < -0.39 is 24.0 Å². The van der Waals surface area contributed by atoms with Crippen molar-refractivity contribution in [2.75, 3.05) is 13.2 Å². The van der Waals surface area contributed by atoms with E-state index in [1.54, 1.807) is 24.3 Å². The van der Waals surface area contributed by atoms with E-state index in [2.05, 4.69) is 5.92 Å². The highest BCUT2D eigenvalue weighted by Gasteiger charge is 2.53. The summed E-state index contributed by atoms with van der Waals surface area (Å²) < 4.78 is 32.3. The number of hydrogen-bond acceptors (Lipinski definition) is 3. The summed E-state index contributed by atoms with van der Waals surface area (Å²) >= 11 is 6.27. The van der Waals surface area contributed by atoms with Crippen LogP contribution in [-0.4, -0.2) is 31.5 Å². The fourth-order valence-corrected chi connectivity index (χ4v) is 2.73. The third kappa shape index (κ3) is 4.45. The summed E-state index contributed by atoms with van der Waals surface area (Å²) in [7, 11) is -1.08. The zero-order valence-electron chi connectivity index (χ0n) is 15.1. The monoisotopic (exact) mass is 364 g/mol. The smallest absolute Gasteiger partial charge is 0.398 e. The largest absolute Gasteiger partial charge is 0.525 e. The van der Waals surface area contributed by atoms with Gasteiger partial charge >= 0.3 is 7.12 Å². The van der Waals surface area contributed by atoms with Crippen molar-refractivity contribution >= 4 is 24.3 Å². The molecule has 2 rings (SSSR count). The van der Waals surface area contributed by atoms with Crippen LogP contribution in [0.5, 0.6) is 0 Å². The first-order valence-corrected chi connectivity index (χ1v) is 8.57. The van der Waals surface area contributed by atoms with Gasteiger partial charge in [-0.2, -0.15) is 0 Å². The van der Waals surface area contributed by atoms with E-state index in [4.69, 9.17) is 32.1 Å². The standard InChI is InChI=1S/C19H23BClFO3/c1-6-12-23-13-11-15(14-9-7-8-10-16(14)21)17(22)20-24-18(2,3)19(4,5)25-20/h1,7-10H,11-13H2,2-5H3. The van der Waals surface area contributed by atoms with Crippen LogP contribution in [0.1, 0.15) is 39.7 Å². The second-order valence-corrected chi connectivity index (χ2v) is 7.31. The van der Waals surface area contributed by atoms with Gasteiger partial charge in [0.15, 0.2) is 0 Å². The summed E-state index contributed by atoms with van der Waals surface area (Å²) in [6.45, 7) is 7.97. The molecule has 0 amide bonds. The summed E-state index contributed by atoms with van der Waals surface area (Å²) in [6, 6.07) is 7.09. The van der Waals surface area contributed by atoms with Gasteiger partial charge in [0, 0.05) is 5.02 Å². The van der Waals surface area contributed by atoms with Gasteiger partial charge in [-0.3, -0.25) is 0 Å². The highest BCUT2D eigenvalue weighted by atomic mass is 35.5. The predicted molar refractivity (Wildman–Crippen MR) is 99.8 cm³/mol. The van der Waals surface area contributed by atoms with Crippen LogP contribution in [0.4, 0.5) is 4.39 Å². The lowest BCUT2D eigenvalue weighted by Crippen LogP contribution is -2.41. The zero-order valence-corrected chi connectivity index (χ0v) is 15.8. The molecule has 1 heterocycles. The van der Waals surface area contributed by atoms with Gasteiger partial charge in [-0.25, -0.2) is 4.39 Å². The molecule has 0 unspecified atom stereocenters. The minimum absolute atomic E-state index is 0.175. The Kier molecular flexibility index (Phi) is 6.34. The van der Waals surface area contributed by atoms with Gasteiger partial charge in [0.2, 0.25) is 0 Å². The van der Waals surface area contributed by atoms with Crippen molar-refractivity contribution in [2.45, 2.75) is 45.3 Å². The van der Waals surface area contributed by atoms with E-state index in [1.165, 1.54) is 0 Å². The SMILES string of the molecule is C#CCOCCC(=C(F)B1OC(C)(C)C(C)(C)O1)c1ccccc1Cl. The number of benzene rings is 1. The zero-order chi connectivity index (χ0) is 18.7. The van der Waals surface area contributed by atoms with Gasteiger partial charge in [-0.15, -0.1) is 6.42 Å². The Morgan fingerprint density at radius 1 is 1.24 bits per heavy atom. The van der Waals surface area contributed by atoms with E-state index in [0.29, 0.717) is 22.6 Å². The normalized spacial score (nSPS) is 19.5. The summed E-state index contributed by atoms with van der Waals surface area (Å²) in [5.41, 5.74) is -0.737. The number of ether oxygens (including phenoxy) is 1. The molecule has 6 heteroatoms. The molecule has 0 radical (unpaired) electrons. The van der Waals surface area contributed by atoms with E-state index >= 15 is 4.39 Å². The van der Waals surface area contributed by atoms with Crippen LogP contribution in [-0.2, 0) is 14.0 Å². The first-order chi connectivity index (χ1) is 11.7. The Bertz CT molecular complexity index is 678. The van der Waals surface area contributed by atoms with Crippen molar-refractivity contribution in [3.8, 4) is 12.3 Å². The molecule has 1 fully saturated rings. The lowest BCUT2D eigenvalue weighted by atomic mass is 9.82. The molecule has 3 nitrogen and oxygen atoms in total. The van der Waals surface area contributed by atoms with Gasteiger partial charge in [0.1, 0.15) is 12.3 Å². The van der Waals surface area contributed by atoms with Crippen LogP contribution in [0.15, 0.2) is 30.0 Å². The Hall–Kier alpha value is -1.32. The van der Waals surface area contributed by atoms with Gasteiger partial charge in [0.25, 0.3) is 0 Å². The molecule has 0 saturated carbocycles. The molecule has 0 bridgehead atoms. The number of hydrogen-bond donors (Lipinski definition) is 0. The molecule has 1 aliphatic rings. The summed E-state index contributed by atoms with van der Waals surface area (Å²) in [6.07, 6.45) is 5.48. The molecule has 134 valence electrons. The van der Waals surface area contributed by atoms with E-state index in [-0.39, 0.29) is 13.2 Å². The third-order valence-electron chi connectivity index (χ3n) is 4.63. The topological polar surface area (TPSA) is 27.7 Å². The lowest BCUT2D eigenvalue weighted by Gasteiger charge is -2.32. The second-order valence-electron chi connectivity index (χ2n) is 6.90. The molecule has 1 aliphatic heterocycles. The summed E-state index contributed by atoms with van der Waals surface area (Å²) in [5, 5.41) is 0.459. The molecule has 1 saturated heterocycles. The van der Waals surface area contributed by atoms with Gasteiger partial charge in [-0.05, 0) is 51.3 Å². The highest BCUT2D eigenvalue weighted by molar-refractivity contribution is 6.55. The van der Waals surface area contributed by atoms with Crippen LogP contribution in [0.3, 0.4) is 0 Å². The van der Waals surface area contributed by atoms with Crippen molar-refractivity contribution in [2.24, 2.45) is 0 Å². The maximum Gasteiger partial charge on any atom is 0.525 e. The van der Waals surface area contributed by atoms with Crippen molar-refractivity contribution < 1.29 is 18.4 Å². The molecule has 0 aliphatic carbocycles. The minimum Gasteiger partial charge on any atom is -0.398 e. The van der Waals surface area contributed by atoms with Crippen molar-refractivity contribution in [3.63, 3.8) is 0 Å². The van der Waals surface area contributed by atoms with Gasteiger partial charge < -0.3 is 14.0 Å². The summed E-state index contributed by atoms with van der Waals surface area (Å²) in [4.78, 5) is 0. The van der Waals surface area contributed by atoms with E-state index in [1.807, 2.05) is 27.7 Å². The van der Waals surface area contributed by atoms with E-state index in [9.17, 15) is 0 Å². The van der Waals surface area contributed by atoms with Crippen LogP contribution in [0, 0.1) is 12.3 Å². The lowest BCUT2D eigenvalue weighted by molar-refractivity contribution is 0.00578. The molecule has 25 heavy (non-hydrogen) atoms. The van der Waals surface area contributed by atoms with Crippen LogP contribution in [0.2, 0.25) is 5.02 Å². The van der Waals surface area contributed by atoms with Crippen LogP contribution in [0.25, 0.3) is 5.57 Å². The predicted octanol–water partition coefficient (Wildman–Crippen LogP) is 4.69. The minimum atomic E-state index is -1.08. The maximum atomic E-state index is 15.3. The Balaban J connectivity index is 2.35. The number of rotatable bonds is 6. The number of halogens is 2. The fourth-order valence-electron chi connectivity index (χ4n) is 2.48. The highest BCUT2D eigenvalue weighted by Crippen LogP contribution is 2.41. The molecule has 0 aromatic heterocycles. The third-order valence-corrected chi connectivity index (χ3v) is 4.96. The molecule has 0 spiro atoms. The quantitative estimate of drug-likeness (QED) is 0.416. The van der Waals surface area contributed by atoms with Crippen molar-refractivity contribution in [3.05, 3.63) is 40.6 Å². The van der Waals surface area contributed by atoms with Crippen LogP contribution < -0.4 is 0 Å². The van der Waals surface area contributed by atoms with Crippen LogP contribution >= 0.6 is 11.6 Å². The van der Waals surface area contributed by atoms with Crippen molar-refractivity contribution in [1.29, 1.82) is 0 Å². The maximum absolute atomic E-state index is 15.3. The molecule has 0 atom stereocenters. The first-order valence-electron chi connectivity index (χ1n) is 8.20. The van der Waals surface area contributed by atoms with Gasteiger partial charge in [0.05, 0.1) is 17.8 Å². The first kappa shape index (κ1) is 20.0. The molecular formula is C19H23BClFO3. The van der Waals surface area contributed by atoms with Crippen molar-refractivity contribution in [1.82, 2.24) is 0 Å². The van der Waals surface area contributed by atoms with Gasteiger partial charge in [-0.1, -0.05) is 35.7 Å². The molecule has 1 aromatic rings. The van der Waals surface area contributed by atoms with E-state index in [0.717, 1.165) is 0 Å². The number of terminal acetylenes is 1. The average Bonchev–Trinajstić information content (AvgIpc) is 2.76. The summed E-state index contributed by atoms with van der Waals surface area (Å²) in [5.74, 6) is 2.39. The Morgan fingerprint density at radius 3 is 2.40 bits per heavy atom. The molecule has 1 aromatic carbocycles. The molecular weight excluding hydrogens is 341 g/mol. The average molecular weight is 365 g/mol. The second kappa shape index (κ2) is 7.93. The fraction of sp³-hybridized carbons (Fsp3) is 0.474. The molecule has 0 N–H and O–H groups in total.